The molecule has 4 aliphatic heterocycles. The van der Waals surface area contributed by atoms with Gasteiger partial charge in [-0.1, -0.05) is 47.0 Å². The monoisotopic (exact) mass is 1180 g/mol. The summed E-state index contributed by atoms with van der Waals surface area (Å²) in [4.78, 5) is 129. The van der Waals surface area contributed by atoms with Crippen LogP contribution in [-0.4, -0.2) is 125 Å². The number of anilines is 1. The molecule has 0 saturated heterocycles. The Bertz CT molecular complexity index is 2830. The lowest BCUT2D eigenvalue weighted by Gasteiger charge is -2.13. The van der Waals surface area contributed by atoms with Gasteiger partial charge in [-0.15, -0.1) is 0 Å². The minimum Gasteiger partial charge on any atom is -0.390 e. The molecule has 0 fully saturated rings. The molecule has 4 aliphatic rings. The van der Waals surface area contributed by atoms with Crippen LogP contribution in [0.2, 0.25) is 0 Å². The van der Waals surface area contributed by atoms with Gasteiger partial charge in [-0.25, -0.2) is 44.9 Å². The second-order valence-electron chi connectivity index (χ2n) is 13.8. The molecule has 5 aromatic heterocycles. The lowest BCUT2D eigenvalue weighted by molar-refractivity contribution is -0.117. The molecule has 0 spiro atoms. The van der Waals surface area contributed by atoms with Gasteiger partial charge in [0.15, 0.2) is 29.5 Å². The highest BCUT2D eigenvalue weighted by molar-refractivity contribution is 9.11. The Morgan fingerprint density at radius 3 is 1.49 bits per heavy atom. The first-order valence-corrected chi connectivity index (χ1v) is 25.5. The van der Waals surface area contributed by atoms with E-state index in [1.165, 1.54) is 80.2 Å². The van der Waals surface area contributed by atoms with E-state index in [0.29, 0.717) is 102 Å². The van der Waals surface area contributed by atoms with Crippen LogP contribution in [0.1, 0.15) is 91.2 Å². The number of thioether (sulfide) groups is 4. The van der Waals surface area contributed by atoms with Gasteiger partial charge in [0, 0.05) is 20.8 Å². The largest absolute Gasteiger partial charge is 0.390 e. The number of nitrogen functional groups attached to an aromatic ring is 1. The molecular weight excluding hydrogens is 1150 g/mol. The predicted octanol–water partition coefficient (Wildman–Crippen LogP) is 5.03. The number of nitrogens with two attached hydrogens (primary N) is 1. The Morgan fingerprint density at radius 1 is 0.567 bits per heavy atom. The summed E-state index contributed by atoms with van der Waals surface area (Å²) in [5.74, 6) is 2.17. The van der Waals surface area contributed by atoms with E-state index in [-0.39, 0.29) is 70.7 Å². The van der Waals surface area contributed by atoms with Crippen molar-refractivity contribution >= 4 is 147 Å². The van der Waals surface area contributed by atoms with E-state index in [1.807, 2.05) is 0 Å². The van der Waals surface area contributed by atoms with Crippen molar-refractivity contribution in [1.82, 2.24) is 49.8 Å². The fraction of sp³-hybridized carbons (Fsp3) is 0.300. The first-order valence-electron chi connectivity index (χ1n) is 19.1. The number of aromatic nitrogens is 10. The molecule has 0 radical (unpaired) electrons. The molecule has 348 valence electrons. The van der Waals surface area contributed by atoms with Crippen molar-refractivity contribution in [3.63, 3.8) is 0 Å². The number of nitrogens with zero attached hydrogens (tertiary/aromatic N) is 10. The first-order chi connectivity index (χ1) is 31.8. The van der Waals surface area contributed by atoms with Crippen molar-refractivity contribution < 1.29 is 43.5 Å². The van der Waals surface area contributed by atoms with Crippen LogP contribution >= 0.6 is 94.8 Å². The number of fused-ring (bicyclic) bond motifs is 4. The number of hydrogen-bond donors (Lipinski definition) is 2. The summed E-state index contributed by atoms with van der Waals surface area (Å²) in [6.07, 6.45) is 6.30. The second-order valence-corrected chi connectivity index (χ2v) is 19.9. The number of carbonyl (C=O) groups excluding carboxylic acids is 8. The fourth-order valence-corrected chi connectivity index (χ4v) is 10.4. The average Bonchev–Trinajstić information content (AvgIpc) is 3.30. The van der Waals surface area contributed by atoms with E-state index in [4.69, 9.17) is 10.8 Å². The number of Topliss-reactive ketones (excluding diaryl/α,β-unsaturated/α-hetero) is 7. The Hall–Kier alpha value is -4.64. The van der Waals surface area contributed by atoms with Crippen LogP contribution in [0.5, 0.6) is 0 Å². The van der Waals surface area contributed by atoms with Crippen LogP contribution in [-0.2, 0) is 51.5 Å². The zero-order chi connectivity index (χ0) is 48.9. The third-order valence-electron chi connectivity index (χ3n) is 8.46. The molecule has 0 aromatic carbocycles. The van der Waals surface area contributed by atoms with Crippen molar-refractivity contribution in [3.05, 3.63) is 83.6 Å². The first kappa shape index (κ1) is 53.3. The molecule has 27 heteroatoms. The van der Waals surface area contributed by atoms with Gasteiger partial charge < -0.3 is 10.8 Å². The molecule has 0 bridgehead atoms. The molecular formula is C40H34Br3N11O9S4. The second kappa shape index (κ2) is 25.1. The molecule has 20 nitrogen and oxygen atoms in total. The quantitative estimate of drug-likeness (QED) is 0.172. The van der Waals surface area contributed by atoms with Crippen molar-refractivity contribution in [2.45, 2.75) is 73.2 Å². The molecule has 0 atom stereocenters. The molecule has 0 unspecified atom stereocenters. The van der Waals surface area contributed by atoms with Gasteiger partial charge in [-0.05, 0) is 47.8 Å². The smallest absolute Gasteiger partial charge is 0.180 e. The molecule has 0 aliphatic carbocycles. The SMILES string of the molecule is CC(=O)c1cnc2c(n1)CC(=O)CS2.CC(=O)c1nc(N)c(Br)nc1Br.CC(=O)c1nc2c(nc1Br)SCC(=O)C2.O=C1CSc2ncc(CO)nc2C1.O=Cc1cnc2c(n1)CC(=O)CS2. The highest BCUT2D eigenvalue weighted by Crippen LogP contribution is 2.29. The Morgan fingerprint density at radius 2 is 1.00 bits per heavy atom. The van der Waals surface area contributed by atoms with E-state index >= 15 is 0 Å². The summed E-state index contributed by atoms with van der Waals surface area (Å²) in [6, 6.07) is 0. The minimum atomic E-state index is -0.173. The lowest BCUT2D eigenvalue weighted by atomic mass is 10.2. The van der Waals surface area contributed by atoms with Crippen LogP contribution in [0.25, 0.3) is 0 Å². The van der Waals surface area contributed by atoms with Gasteiger partial charge in [0.1, 0.15) is 79.8 Å². The summed E-state index contributed by atoms with van der Waals surface area (Å²) in [5, 5.41) is 11.9. The van der Waals surface area contributed by atoms with Crippen LogP contribution in [0, 0.1) is 0 Å². The summed E-state index contributed by atoms with van der Waals surface area (Å²) >= 11 is 14.9. The number of carbonyl (C=O) groups is 8. The van der Waals surface area contributed by atoms with Gasteiger partial charge in [0.25, 0.3) is 0 Å². The van der Waals surface area contributed by atoms with Gasteiger partial charge in [0.2, 0.25) is 0 Å². The Balaban J connectivity index is 0.000000157. The molecule has 5 aromatic rings. The fourth-order valence-electron chi connectivity index (χ4n) is 5.39. The van der Waals surface area contributed by atoms with Crippen LogP contribution in [0.3, 0.4) is 0 Å². The van der Waals surface area contributed by atoms with Gasteiger partial charge in [-0.2, -0.15) is 0 Å². The predicted molar refractivity (Wildman–Crippen MR) is 257 cm³/mol. The molecule has 9 heterocycles. The van der Waals surface area contributed by atoms with E-state index in [0.717, 1.165) is 20.1 Å². The zero-order valence-corrected chi connectivity index (χ0v) is 43.2. The van der Waals surface area contributed by atoms with E-state index in [9.17, 15) is 38.4 Å². The highest BCUT2D eigenvalue weighted by atomic mass is 79.9. The number of aliphatic hydroxyl groups excluding tert-OH is 1. The molecule has 0 saturated carbocycles. The molecule has 9 rings (SSSR count). The Labute approximate surface area is 423 Å². The number of halogens is 3. The van der Waals surface area contributed by atoms with Crippen molar-refractivity contribution in [2.24, 2.45) is 0 Å². The average molecular weight is 1180 g/mol. The van der Waals surface area contributed by atoms with Gasteiger partial charge in [0.05, 0.1) is 102 Å². The molecule has 3 N–H and O–H groups in total. The Kier molecular flexibility index (Phi) is 20.0. The molecule has 0 amide bonds. The van der Waals surface area contributed by atoms with Crippen molar-refractivity contribution in [2.75, 3.05) is 28.7 Å². The summed E-state index contributed by atoms with van der Waals surface area (Å²) in [7, 11) is 0. The summed E-state index contributed by atoms with van der Waals surface area (Å²) in [5.41, 5.74) is 9.70. The minimum absolute atomic E-state index is 0.122. The number of rotatable bonds is 5. The van der Waals surface area contributed by atoms with Crippen molar-refractivity contribution in [1.29, 1.82) is 0 Å². The van der Waals surface area contributed by atoms with E-state index < -0.39 is 0 Å². The summed E-state index contributed by atoms with van der Waals surface area (Å²) < 4.78 is 1.28. The van der Waals surface area contributed by atoms with Gasteiger partial charge >= 0.3 is 0 Å². The topological polar surface area (TPSA) is 312 Å². The lowest BCUT2D eigenvalue weighted by Crippen LogP contribution is -2.17. The van der Waals surface area contributed by atoms with E-state index in [2.05, 4.69) is 97.6 Å². The highest BCUT2D eigenvalue weighted by Gasteiger charge is 2.24. The summed E-state index contributed by atoms with van der Waals surface area (Å²) in [6.45, 7) is 4.15. The third kappa shape index (κ3) is 15.4. The van der Waals surface area contributed by atoms with Crippen LogP contribution < -0.4 is 5.73 Å². The maximum absolute atomic E-state index is 11.2. The normalized spacial score (nSPS) is 14.3. The standard InChI is InChI=1S/C9H7BrN2O2S.C9H8N2O2S.C8H8N2O2S.C8H6N2O2S.C6H5Br2N3O/c1-4(13)7-8(10)12-9-6(11-7)2-5(14)3-15-9;1-5(12)8-3-10-9-7(11-8)2-6(13)4-14-9;2*11-3-5-2-9-8-7(10-5)1-6(12)4-13-8;1-2(12)3-4(7)11-5(8)6(9)10-3/h2-3H2,1H3;3H,2,4H2,1H3;2,11H,1,3-4H2;2-3H,1,4H2;1H3,(H2,9,10). The number of ketones is 7. The molecule has 67 heavy (non-hydrogen) atoms. The maximum atomic E-state index is 11.2. The maximum Gasteiger partial charge on any atom is 0.180 e. The third-order valence-corrected chi connectivity index (χ3v) is 14.5. The van der Waals surface area contributed by atoms with Gasteiger partial charge in [-0.3, -0.25) is 43.3 Å². The van der Waals surface area contributed by atoms with Crippen LogP contribution in [0.15, 0.2) is 52.5 Å². The van der Waals surface area contributed by atoms with E-state index in [1.54, 1.807) is 6.20 Å². The number of aldehydes is 1. The number of aliphatic hydroxyl groups is 1. The number of hydrogen-bond acceptors (Lipinski definition) is 24. The van der Waals surface area contributed by atoms with Crippen LogP contribution in [0.4, 0.5) is 5.82 Å². The zero-order valence-electron chi connectivity index (χ0n) is 35.2. The van der Waals surface area contributed by atoms with Crippen molar-refractivity contribution in [3.8, 4) is 0 Å².